The lowest BCUT2D eigenvalue weighted by Crippen LogP contribution is -2.27. The van der Waals surface area contributed by atoms with Gasteiger partial charge in [-0.3, -0.25) is 14.5 Å². The monoisotopic (exact) mass is 621 g/mol. The highest BCUT2D eigenvalue weighted by Gasteiger charge is 2.35. The molecule has 0 atom stereocenters. The molecule has 0 aliphatic carbocycles. The smallest absolute Gasteiger partial charge is 0.345 e. The molecule has 0 saturated carbocycles. The van der Waals surface area contributed by atoms with Gasteiger partial charge in [0.05, 0.1) is 33.1 Å². The van der Waals surface area contributed by atoms with Crippen LogP contribution in [0.3, 0.4) is 0 Å². The summed E-state index contributed by atoms with van der Waals surface area (Å²) in [6, 6.07) is 23.6. The zero-order valence-corrected chi connectivity index (χ0v) is 23.8. The van der Waals surface area contributed by atoms with E-state index in [-0.39, 0.29) is 38.9 Å². The van der Waals surface area contributed by atoms with E-state index in [0.717, 1.165) is 28.1 Å². The molecule has 2 amide bonds. The molecule has 6 nitrogen and oxygen atoms in total. The summed E-state index contributed by atoms with van der Waals surface area (Å²) in [5, 5.41) is 1.97. The van der Waals surface area contributed by atoms with E-state index in [1.165, 1.54) is 4.90 Å². The maximum absolute atomic E-state index is 13.2. The van der Waals surface area contributed by atoms with Crippen LogP contribution in [0, 0.1) is 0 Å². The molecule has 1 fully saturated rings. The van der Waals surface area contributed by atoms with Gasteiger partial charge >= 0.3 is 5.97 Å². The number of hydrogen-bond donors (Lipinski definition) is 0. The molecule has 0 radical (unpaired) electrons. The molecule has 5 rings (SSSR count). The minimum Gasteiger partial charge on any atom is -0.490 e. The van der Waals surface area contributed by atoms with Crippen molar-refractivity contribution in [3.05, 3.63) is 110 Å². The second kappa shape index (κ2) is 11.7. The number of benzene rings is 4. The molecule has 1 aliphatic heterocycles. The Hall–Kier alpha value is -3.59. The lowest BCUT2D eigenvalue weighted by molar-refractivity contribution is -0.123. The van der Waals surface area contributed by atoms with Crippen molar-refractivity contribution in [1.82, 2.24) is 4.90 Å². The van der Waals surface area contributed by atoms with Gasteiger partial charge in [0, 0.05) is 0 Å². The highest BCUT2D eigenvalue weighted by Crippen LogP contribution is 2.40. The van der Waals surface area contributed by atoms with Crippen molar-refractivity contribution in [3.8, 4) is 11.5 Å². The van der Waals surface area contributed by atoms with Gasteiger partial charge in [0.1, 0.15) is 0 Å². The predicted octanol–water partition coefficient (Wildman–Crippen LogP) is 8.11. The molecule has 196 valence electrons. The fourth-order valence-electron chi connectivity index (χ4n) is 4.20. The summed E-state index contributed by atoms with van der Waals surface area (Å²) in [5.74, 6) is -0.526. The first-order valence-corrected chi connectivity index (χ1v) is 14.0. The molecule has 0 aromatic heterocycles. The Morgan fingerprint density at radius 3 is 2.56 bits per heavy atom. The summed E-state index contributed by atoms with van der Waals surface area (Å²) >= 11 is 10.5. The first-order valence-electron chi connectivity index (χ1n) is 12.0. The second-order valence-electron chi connectivity index (χ2n) is 8.54. The number of amides is 2. The molecule has 0 N–H and O–H groups in total. The Morgan fingerprint density at radius 2 is 1.77 bits per heavy atom. The van der Waals surface area contributed by atoms with Crippen LogP contribution in [0.5, 0.6) is 11.5 Å². The maximum atomic E-state index is 13.2. The average Bonchev–Trinajstić information content (AvgIpc) is 3.18. The topological polar surface area (TPSA) is 72.9 Å². The largest absolute Gasteiger partial charge is 0.490 e. The normalized spacial score (nSPS) is 14.3. The van der Waals surface area contributed by atoms with Gasteiger partial charge in [0.2, 0.25) is 0 Å². The first-order chi connectivity index (χ1) is 18.9. The van der Waals surface area contributed by atoms with Crippen LogP contribution < -0.4 is 9.47 Å². The van der Waals surface area contributed by atoms with Crippen molar-refractivity contribution < 1.29 is 23.9 Å². The molecule has 39 heavy (non-hydrogen) atoms. The van der Waals surface area contributed by atoms with E-state index in [1.54, 1.807) is 49.4 Å². The summed E-state index contributed by atoms with van der Waals surface area (Å²) in [4.78, 5) is 40.4. The van der Waals surface area contributed by atoms with Gasteiger partial charge in [-0.2, -0.15) is 0 Å². The first kappa shape index (κ1) is 27.0. The lowest BCUT2D eigenvalue weighted by atomic mass is 10.0. The van der Waals surface area contributed by atoms with Gasteiger partial charge in [0.25, 0.3) is 11.1 Å². The molecular weight excluding hydrogens is 602 g/mol. The van der Waals surface area contributed by atoms with E-state index in [9.17, 15) is 14.4 Å². The highest BCUT2D eigenvalue weighted by atomic mass is 79.9. The molecule has 1 heterocycles. The molecule has 1 saturated heterocycles. The van der Waals surface area contributed by atoms with Crippen LogP contribution in [0.15, 0.2) is 88.2 Å². The number of halogens is 2. The number of carbonyl (C=O) groups excluding carboxylic acids is 3. The van der Waals surface area contributed by atoms with Crippen LogP contribution in [0.1, 0.15) is 28.4 Å². The van der Waals surface area contributed by atoms with E-state index < -0.39 is 5.97 Å². The predicted molar refractivity (Wildman–Crippen MR) is 157 cm³/mol. The van der Waals surface area contributed by atoms with E-state index in [2.05, 4.69) is 15.9 Å². The second-order valence-corrected chi connectivity index (χ2v) is 10.8. The zero-order chi connectivity index (χ0) is 27.5. The maximum Gasteiger partial charge on any atom is 0.345 e. The third-order valence-electron chi connectivity index (χ3n) is 6.00. The summed E-state index contributed by atoms with van der Waals surface area (Å²) in [7, 11) is 0. The molecule has 4 aromatic rings. The summed E-state index contributed by atoms with van der Waals surface area (Å²) in [6.45, 7) is 2.29. The molecule has 4 aromatic carbocycles. The van der Waals surface area contributed by atoms with Gasteiger partial charge in [-0.1, -0.05) is 66.2 Å². The fraction of sp³-hybridized carbons (Fsp3) is 0.100. The molecule has 0 unspecified atom stereocenters. The summed E-state index contributed by atoms with van der Waals surface area (Å²) in [6.07, 6.45) is 1.63. The SMILES string of the molecule is CCOc1cc(/C=C2\SC(=O)N(Cc3cccc4ccccc34)C2=O)cc(Br)c1OC(=O)c1ccccc1Cl. The number of hydrogen-bond acceptors (Lipinski definition) is 6. The summed E-state index contributed by atoms with van der Waals surface area (Å²) < 4.78 is 11.8. The van der Waals surface area contributed by atoms with Crippen molar-refractivity contribution in [2.24, 2.45) is 0 Å². The van der Waals surface area contributed by atoms with Crippen LogP contribution in [-0.2, 0) is 11.3 Å². The number of carbonyl (C=O) groups is 3. The highest BCUT2D eigenvalue weighted by molar-refractivity contribution is 9.10. The molecule has 9 heteroatoms. The minimum absolute atomic E-state index is 0.175. The van der Waals surface area contributed by atoms with Gasteiger partial charge in [-0.15, -0.1) is 0 Å². The minimum atomic E-state index is -0.635. The lowest BCUT2D eigenvalue weighted by Gasteiger charge is -2.15. The van der Waals surface area contributed by atoms with Crippen molar-refractivity contribution in [2.75, 3.05) is 6.61 Å². The standard InChI is InChI=1S/C30H21BrClNO5S/c1-2-37-25-15-18(14-23(31)27(25)38-29(35)22-12-5-6-13-24(22)32)16-26-28(34)33(30(36)39-26)17-20-10-7-9-19-8-3-4-11-21(19)20/h3-16H,2,17H2,1H3/b26-16-. The van der Waals surface area contributed by atoms with Crippen molar-refractivity contribution >= 4 is 73.3 Å². The Balaban J connectivity index is 1.41. The van der Waals surface area contributed by atoms with Crippen LogP contribution in [0.4, 0.5) is 4.79 Å². The van der Waals surface area contributed by atoms with Crippen LogP contribution in [0.2, 0.25) is 5.02 Å². The average molecular weight is 623 g/mol. The van der Waals surface area contributed by atoms with Crippen LogP contribution in [0.25, 0.3) is 16.8 Å². The molecule has 0 spiro atoms. The van der Waals surface area contributed by atoms with Gasteiger partial charge in [0.15, 0.2) is 11.5 Å². The third-order valence-corrected chi connectivity index (χ3v) is 7.83. The van der Waals surface area contributed by atoms with Crippen molar-refractivity contribution in [3.63, 3.8) is 0 Å². The van der Waals surface area contributed by atoms with Crippen molar-refractivity contribution in [2.45, 2.75) is 13.5 Å². The van der Waals surface area contributed by atoms with Crippen molar-refractivity contribution in [1.29, 1.82) is 0 Å². The number of rotatable bonds is 7. The van der Waals surface area contributed by atoms with E-state index in [0.29, 0.717) is 22.4 Å². The number of ether oxygens (including phenoxy) is 2. The number of fused-ring (bicyclic) bond motifs is 1. The molecule has 0 bridgehead atoms. The van der Waals surface area contributed by atoms with Gasteiger partial charge in [-0.05, 0) is 86.9 Å². The molecular formula is C30H21BrClNO5S. The summed E-state index contributed by atoms with van der Waals surface area (Å²) in [5.41, 5.74) is 1.71. The Morgan fingerprint density at radius 1 is 1.03 bits per heavy atom. The number of esters is 1. The number of thioether (sulfide) groups is 1. The Kier molecular flexibility index (Phi) is 8.07. The van der Waals surface area contributed by atoms with Crippen LogP contribution in [-0.4, -0.2) is 28.6 Å². The number of nitrogens with zero attached hydrogens (tertiary/aromatic N) is 1. The number of imide groups is 1. The van der Waals surface area contributed by atoms with E-state index >= 15 is 0 Å². The Labute approximate surface area is 242 Å². The van der Waals surface area contributed by atoms with Gasteiger partial charge < -0.3 is 9.47 Å². The van der Waals surface area contributed by atoms with Crippen LogP contribution >= 0.6 is 39.3 Å². The van der Waals surface area contributed by atoms with E-state index in [4.69, 9.17) is 21.1 Å². The third kappa shape index (κ3) is 5.73. The zero-order valence-electron chi connectivity index (χ0n) is 20.6. The Bertz CT molecular complexity index is 1650. The fourth-order valence-corrected chi connectivity index (χ4v) is 5.79. The quantitative estimate of drug-likeness (QED) is 0.118. The van der Waals surface area contributed by atoms with Gasteiger partial charge in [-0.25, -0.2) is 4.79 Å². The molecule has 1 aliphatic rings. The van der Waals surface area contributed by atoms with E-state index in [1.807, 2.05) is 42.5 Å².